The monoisotopic (exact) mass is 286 g/mol. The molecule has 3 N–H and O–H groups in total. The number of aryl methyl sites for hydroxylation is 1. The van der Waals surface area contributed by atoms with Crippen LogP contribution in [0.5, 0.6) is 0 Å². The van der Waals surface area contributed by atoms with Crippen LogP contribution in [-0.4, -0.2) is 42.2 Å². The van der Waals surface area contributed by atoms with Crippen LogP contribution in [0.4, 0.5) is 0 Å². The Hall–Kier alpha value is -1.83. The predicted octanol–water partition coefficient (Wildman–Crippen LogP) is 1.15. The van der Waals surface area contributed by atoms with Gasteiger partial charge in [0.1, 0.15) is 0 Å². The maximum atomic E-state index is 12.5. The molecule has 1 fully saturated rings. The summed E-state index contributed by atoms with van der Waals surface area (Å²) in [5.41, 5.74) is 7.97. The number of hydrogen-bond donors (Lipinski definition) is 2. The van der Waals surface area contributed by atoms with Crippen molar-refractivity contribution >= 4 is 5.91 Å². The van der Waals surface area contributed by atoms with Gasteiger partial charge in [-0.2, -0.15) is 0 Å². The average Bonchev–Trinajstić information content (AvgIpc) is 2.53. The molecule has 1 aromatic rings. The lowest BCUT2D eigenvalue weighted by Crippen LogP contribution is -2.39. The van der Waals surface area contributed by atoms with Gasteiger partial charge >= 0.3 is 0 Å². The lowest BCUT2D eigenvalue weighted by atomic mass is 9.97. The van der Waals surface area contributed by atoms with E-state index in [0.29, 0.717) is 31.1 Å². The summed E-state index contributed by atoms with van der Waals surface area (Å²) < 4.78 is 0. The molecule has 0 bridgehead atoms. The maximum absolute atomic E-state index is 12.5. The van der Waals surface area contributed by atoms with Gasteiger partial charge in [0.25, 0.3) is 5.91 Å². The number of amides is 1. The second-order valence-electron chi connectivity index (χ2n) is 5.45. The smallest absolute Gasteiger partial charge is 0.253 e. The fourth-order valence-corrected chi connectivity index (χ4v) is 2.54. The van der Waals surface area contributed by atoms with Crippen molar-refractivity contribution in [3.8, 4) is 11.8 Å². The van der Waals surface area contributed by atoms with E-state index in [1.165, 1.54) is 0 Å². The second-order valence-corrected chi connectivity index (χ2v) is 5.45. The molecule has 1 aliphatic rings. The Labute approximate surface area is 125 Å². The van der Waals surface area contributed by atoms with Crippen molar-refractivity contribution < 1.29 is 9.90 Å². The zero-order chi connectivity index (χ0) is 15.2. The molecule has 1 aromatic carbocycles. The Morgan fingerprint density at radius 1 is 1.43 bits per heavy atom. The molecule has 1 aliphatic heterocycles. The van der Waals surface area contributed by atoms with Crippen molar-refractivity contribution in [2.24, 2.45) is 11.7 Å². The number of aliphatic hydroxyl groups is 1. The summed E-state index contributed by atoms with van der Waals surface area (Å²) >= 11 is 0. The van der Waals surface area contributed by atoms with Crippen LogP contribution < -0.4 is 5.73 Å². The van der Waals surface area contributed by atoms with Crippen LogP contribution in [0.1, 0.15) is 34.3 Å². The summed E-state index contributed by atoms with van der Waals surface area (Å²) in [5.74, 6) is 6.21. The van der Waals surface area contributed by atoms with Gasteiger partial charge in [-0.1, -0.05) is 17.9 Å². The van der Waals surface area contributed by atoms with E-state index in [9.17, 15) is 4.79 Å². The minimum absolute atomic E-state index is 0.0437. The quantitative estimate of drug-likeness (QED) is 0.802. The summed E-state index contributed by atoms with van der Waals surface area (Å²) in [4.78, 5) is 14.4. The van der Waals surface area contributed by atoms with Crippen LogP contribution in [0.3, 0.4) is 0 Å². The molecular weight excluding hydrogens is 264 g/mol. The van der Waals surface area contributed by atoms with Gasteiger partial charge < -0.3 is 15.7 Å². The minimum Gasteiger partial charge on any atom is -0.396 e. The largest absolute Gasteiger partial charge is 0.396 e. The van der Waals surface area contributed by atoms with E-state index in [1.807, 2.05) is 30.0 Å². The molecule has 112 valence electrons. The number of nitrogens with two attached hydrogens (primary N) is 1. The van der Waals surface area contributed by atoms with Crippen molar-refractivity contribution in [3.63, 3.8) is 0 Å². The molecule has 0 unspecified atom stereocenters. The first-order valence-electron chi connectivity index (χ1n) is 7.35. The number of rotatable bonds is 2. The molecule has 1 heterocycles. The van der Waals surface area contributed by atoms with Crippen LogP contribution in [-0.2, 0) is 0 Å². The van der Waals surface area contributed by atoms with Crippen LogP contribution in [0.2, 0.25) is 0 Å². The zero-order valence-corrected chi connectivity index (χ0v) is 12.4. The summed E-state index contributed by atoms with van der Waals surface area (Å²) in [6.45, 7) is 3.92. The number of piperidine rings is 1. The number of benzene rings is 1. The van der Waals surface area contributed by atoms with E-state index in [-0.39, 0.29) is 12.5 Å². The van der Waals surface area contributed by atoms with Gasteiger partial charge in [0.05, 0.1) is 6.54 Å². The van der Waals surface area contributed by atoms with E-state index in [1.54, 1.807) is 0 Å². The maximum Gasteiger partial charge on any atom is 0.253 e. The van der Waals surface area contributed by atoms with Crippen molar-refractivity contribution in [2.45, 2.75) is 19.8 Å². The van der Waals surface area contributed by atoms with Crippen molar-refractivity contribution in [1.82, 2.24) is 4.90 Å². The summed E-state index contributed by atoms with van der Waals surface area (Å²) in [6, 6.07) is 5.62. The number of carbonyl (C=O) groups excluding carboxylic acids is 1. The first-order chi connectivity index (χ1) is 10.2. The Kier molecular flexibility index (Phi) is 5.38. The standard InChI is InChI=1S/C17H22N2O2/c1-13-4-5-16(11-15(13)3-2-8-18)17(21)19-9-6-14(12-20)7-10-19/h4-5,11,14,20H,6-10,12,18H2,1H3. The topological polar surface area (TPSA) is 66.6 Å². The Bertz CT molecular complexity index is 564. The van der Waals surface area contributed by atoms with Gasteiger partial charge in [0, 0.05) is 30.8 Å². The highest BCUT2D eigenvalue weighted by molar-refractivity contribution is 5.94. The first kappa shape index (κ1) is 15.6. The van der Waals surface area contributed by atoms with Crippen LogP contribution in [0.25, 0.3) is 0 Å². The van der Waals surface area contributed by atoms with Crippen molar-refractivity contribution in [1.29, 1.82) is 0 Å². The first-order valence-corrected chi connectivity index (χ1v) is 7.35. The number of hydrogen-bond acceptors (Lipinski definition) is 3. The molecule has 1 amide bonds. The summed E-state index contributed by atoms with van der Waals surface area (Å²) in [7, 11) is 0. The average molecular weight is 286 g/mol. The van der Waals surface area contributed by atoms with Gasteiger partial charge in [-0.25, -0.2) is 0 Å². The fraction of sp³-hybridized carbons (Fsp3) is 0.471. The van der Waals surface area contributed by atoms with E-state index >= 15 is 0 Å². The molecule has 0 radical (unpaired) electrons. The molecule has 2 rings (SSSR count). The normalized spacial score (nSPS) is 15.5. The van der Waals surface area contributed by atoms with Gasteiger partial charge in [0.2, 0.25) is 0 Å². The molecule has 0 aromatic heterocycles. The van der Waals surface area contributed by atoms with Crippen LogP contribution >= 0.6 is 0 Å². The number of carbonyl (C=O) groups is 1. The third kappa shape index (κ3) is 3.84. The Balaban J connectivity index is 2.13. The summed E-state index contributed by atoms with van der Waals surface area (Å²) in [6.07, 6.45) is 1.74. The lowest BCUT2D eigenvalue weighted by molar-refractivity contribution is 0.0651. The SMILES string of the molecule is Cc1ccc(C(=O)N2CCC(CO)CC2)cc1C#CCN. The highest BCUT2D eigenvalue weighted by Gasteiger charge is 2.23. The molecule has 0 saturated carbocycles. The molecule has 0 spiro atoms. The van der Waals surface area contributed by atoms with Crippen LogP contribution in [0.15, 0.2) is 18.2 Å². The second kappa shape index (κ2) is 7.26. The molecular formula is C17H22N2O2. The predicted molar refractivity (Wildman–Crippen MR) is 82.8 cm³/mol. The molecule has 0 atom stereocenters. The van der Waals surface area contributed by atoms with E-state index < -0.39 is 0 Å². The van der Waals surface area contributed by atoms with E-state index in [0.717, 1.165) is 24.0 Å². The highest BCUT2D eigenvalue weighted by Crippen LogP contribution is 2.19. The van der Waals surface area contributed by atoms with Crippen molar-refractivity contribution in [2.75, 3.05) is 26.2 Å². The van der Waals surface area contributed by atoms with Crippen LogP contribution in [0, 0.1) is 24.7 Å². The molecule has 4 heteroatoms. The fourth-order valence-electron chi connectivity index (χ4n) is 2.54. The number of likely N-dealkylation sites (tertiary alicyclic amines) is 1. The minimum atomic E-state index is 0.0437. The molecule has 21 heavy (non-hydrogen) atoms. The molecule has 4 nitrogen and oxygen atoms in total. The molecule has 1 saturated heterocycles. The Morgan fingerprint density at radius 3 is 2.76 bits per heavy atom. The van der Waals surface area contributed by atoms with E-state index in [2.05, 4.69) is 11.8 Å². The third-order valence-electron chi connectivity index (χ3n) is 3.97. The van der Waals surface area contributed by atoms with Gasteiger partial charge in [0.15, 0.2) is 0 Å². The highest BCUT2D eigenvalue weighted by atomic mass is 16.3. The number of nitrogens with zero attached hydrogens (tertiary/aromatic N) is 1. The van der Waals surface area contributed by atoms with Gasteiger partial charge in [-0.3, -0.25) is 4.79 Å². The van der Waals surface area contributed by atoms with Crippen molar-refractivity contribution in [3.05, 3.63) is 34.9 Å². The van der Waals surface area contributed by atoms with Gasteiger partial charge in [-0.15, -0.1) is 0 Å². The van der Waals surface area contributed by atoms with E-state index in [4.69, 9.17) is 10.8 Å². The summed E-state index contributed by atoms with van der Waals surface area (Å²) in [5, 5.41) is 9.15. The third-order valence-corrected chi connectivity index (χ3v) is 3.97. The Morgan fingerprint density at radius 2 is 2.14 bits per heavy atom. The molecule has 0 aliphatic carbocycles. The lowest BCUT2D eigenvalue weighted by Gasteiger charge is -2.31. The van der Waals surface area contributed by atoms with Gasteiger partial charge in [-0.05, 0) is 43.4 Å². The number of aliphatic hydroxyl groups excluding tert-OH is 1. The zero-order valence-electron chi connectivity index (χ0n) is 12.4.